The second-order valence-corrected chi connectivity index (χ2v) is 8.28. The minimum Gasteiger partial charge on any atom is -0.497 e. The Balaban J connectivity index is 1.29. The number of rotatable bonds is 8. The number of ether oxygens (including phenoxy) is 3. The number of nitrogens with zero attached hydrogens (tertiary/aromatic N) is 1. The Kier molecular flexibility index (Phi) is 7.52. The highest BCUT2D eigenvalue weighted by molar-refractivity contribution is 6.30. The summed E-state index contributed by atoms with van der Waals surface area (Å²) in [6.45, 7) is -0.278. The van der Waals surface area contributed by atoms with Crippen molar-refractivity contribution < 1.29 is 28.6 Å². The van der Waals surface area contributed by atoms with Gasteiger partial charge in [0.2, 0.25) is 5.91 Å². The first-order valence-corrected chi connectivity index (χ1v) is 11.2. The Morgan fingerprint density at radius 2 is 1.66 bits per heavy atom. The summed E-state index contributed by atoms with van der Waals surface area (Å²) in [5.41, 5.74) is 1.14. The van der Waals surface area contributed by atoms with Gasteiger partial charge >= 0.3 is 5.97 Å². The van der Waals surface area contributed by atoms with E-state index in [1.807, 2.05) is 0 Å². The van der Waals surface area contributed by atoms with Crippen LogP contribution in [0.4, 0.5) is 11.4 Å². The van der Waals surface area contributed by atoms with Crippen molar-refractivity contribution in [3.63, 3.8) is 0 Å². The molecule has 1 heterocycles. The molecule has 0 aromatic heterocycles. The van der Waals surface area contributed by atoms with Gasteiger partial charge in [-0.05, 0) is 66.7 Å². The predicted octanol–water partition coefficient (Wildman–Crippen LogP) is 4.68. The van der Waals surface area contributed by atoms with Gasteiger partial charge in [-0.2, -0.15) is 0 Å². The molecular formula is C26H23ClN2O6. The number of anilines is 2. The maximum absolute atomic E-state index is 12.5. The average Bonchev–Trinajstić information content (AvgIpc) is 3.25. The Labute approximate surface area is 207 Å². The molecule has 8 nitrogen and oxygen atoms in total. The van der Waals surface area contributed by atoms with E-state index in [1.54, 1.807) is 79.9 Å². The zero-order valence-electron chi connectivity index (χ0n) is 18.9. The Hall–Kier alpha value is -4.04. The minimum absolute atomic E-state index is 0.0127. The van der Waals surface area contributed by atoms with Crippen LogP contribution in [0.5, 0.6) is 17.2 Å². The van der Waals surface area contributed by atoms with E-state index in [0.29, 0.717) is 27.9 Å². The molecule has 4 rings (SSSR count). The summed E-state index contributed by atoms with van der Waals surface area (Å²) in [5, 5.41) is 3.08. The van der Waals surface area contributed by atoms with Gasteiger partial charge in [0.05, 0.1) is 13.0 Å². The van der Waals surface area contributed by atoms with Gasteiger partial charge in [0.1, 0.15) is 17.2 Å². The summed E-state index contributed by atoms with van der Waals surface area (Å²) >= 11 is 5.89. The zero-order valence-corrected chi connectivity index (χ0v) is 19.7. The van der Waals surface area contributed by atoms with Crippen molar-refractivity contribution in [3.8, 4) is 17.2 Å². The van der Waals surface area contributed by atoms with Gasteiger partial charge < -0.3 is 24.4 Å². The maximum Gasteiger partial charge on any atom is 0.311 e. The lowest BCUT2D eigenvalue weighted by atomic mass is 10.1. The number of nitrogens with one attached hydrogen (secondary N) is 1. The normalized spacial score (nSPS) is 15.0. The number of esters is 1. The number of hydrogen-bond donors (Lipinski definition) is 1. The minimum atomic E-state index is -0.656. The van der Waals surface area contributed by atoms with Crippen LogP contribution in [0.3, 0.4) is 0 Å². The summed E-state index contributed by atoms with van der Waals surface area (Å²) in [7, 11) is 1.60. The number of methoxy groups -OCH3 is 1. The fraction of sp³-hybridized carbons (Fsp3) is 0.192. The highest BCUT2D eigenvalue weighted by Gasteiger charge is 2.36. The second-order valence-electron chi connectivity index (χ2n) is 7.84. The number of carbonyl (C=O) groups excluding carboxylic acids is 3. The summed E-state index contributed by atoms with van der Waals surface area (Å²) in [5.74, 6) is 0.0481. The Morgan fingerprint density at radius 1 is 1.00 bits per heavy atom. The van der Waals surface area contributed by atoms with Crippen molar-refractivity contribution in [1.82, 2.24) is 0 Å². The van der Waals surface area contributed by atoms with Gasteiger partial charge in [-0.15, -0.1) is 0 Å². The summed E-state index contributed by atoms with van der Waals surface area (Å²) in [6.07, 6.45) is 0.0127. The van der Waals surface area contributed by atoms with Gasteiger partial charge in [0.25, 0.3) is 5.91 Å². The van der Waals surface area contributed by atoms with E-state index in [-0.39, 0.29) is 18.9 Å². The molecule has 0 aliphatic carbocycles. The molecule has 0 bridgehead atoms. The molecule has 3 aromatic rings. The molecule has 3 aromatic carbocycles. The highest BCUT2D eigenvalue weighted by Crippen LogP contribution is 2.29. The molecule has 180 valence electrons. The van der Waals surface area contributed by atoms with Gasteiger partial charge in [-0.3, -0.25) is 14.4 Å². The monoisotopic (exact) mass is 494 g/mol. The molecule has 1 atom stereocenters. The molecule has 1 aliphatic heterocycles. The van der Waals surface area contributed by atoms with Crippen LogP contribution in [-0.4, -0.2) is 38.0 Å². The maximum atomic E-state index is 12.5. The summed E-state index contributed by atoms with van der Waals surface area (Å²) in [4.78, 5) is 38.6. The number of hydrogen-bond acceptors (Lipinski definition) is 6. The molecule has 1 fully saturated rings. The quantitative estimate of drug-likeness (QED) is 0.457. The number of carbonyl (C=O) groups is 3. The fourth-order valence-corrected chi connectivity index (χ4v) is 3.80. The summed E-state index contributed by atoms with van der Waals surface area (Å²) in [6, 6.07) is 20.8. The number of halogens is 1. The molecule has 35 heavy (non-hydrogen) atoms. The van der Waals surface area contributed by atoms with Crippen LogP contribution in [0.1, 0.15) is 6.42 Å². The van der Waals surface area contributed by atoms with E-state index in [4.69, 9.17) is 25.8 Å². The third kappa shape index (κ3) is 6.30. The van der Waals surface area contributed by atoms with Crippen molar-refractivity contribution in [1.29, 1.82) is 0 Å². The molecular weight excluding hydrogens is 472 g/mol. The first-order valence-electron chi connectivity index (χ1n) is 10.9. The van der Waals surface area contributed by atoms with Crippen LogP contribution < -0.4 is 19.7 Å². The van der Waals surface area contributed by atoms with Gasteiger partial charge in [0.15, 0.2) is 6.61 Å². The lowest BCUT2D eigenvalue weighted by Gasteiger charge is -2.17. The van der Waals surface area contributed by atoms with E-state index >= 15 is 0 Å². The molecule has 0 radical (unpaired) electrons. The molecule has 0 saturated carbocycles. The lowest BCUT2D eigenvalue weighted by Crippen LogP contribution is -2.28. The third-order valence-corrected chi connectivity index (χ3v) is 5.59. The molecule has 1 saturated heterocycles. The first-order chi connectivity index (χ1) is 16.9. The van der Waals surface area contributed by atoms with E-state index in [2.05, 4.69) is 5.32 Å². The van der Waals surface area contributed by atoms with Crippen molar-refractivity contribution in [2.75, 3.05) is 30.5 Å². The molecule has 1 N–H and O–H groups in total. The van der Waals surface area contributed by atoms with Crippen LogP contribution in [0, 0.1) is 5.92 Å². The number of amides is 2. The van der Waals surface area contributed by atoms with Crippen LogP contribution in [0.15, 0.2) is 72.8 Å². The van der Waals surface area contributed by atoms with E-state index < -0.39 is 24.4 Å². The van der Waals surface area contributed by atoms with Crippen molar-refractivity contribution in [2.24, 2.45) is 5.92 Å². The molecule has 0 spiro atoms. The predicted molar refractivity (Wildman–Crippen MR) is 131 cm³/mol. The molecule has 9 heteroatoms. The average molecular weight is 495 g/mol. The standard InChI is InChI=1S/C26H23ClN2O6/c1-33-21-9-11-23(12-10-21)35-22-7-5-20(6-8-22)29-15-17(13-25(29)31)26(32)34-16-24(30)28-19-4-2-3-18(27)14-19/h2-12,14,17H,13,15-16H2,1H3,(H,28,30)/t17-/m1/s1. The van der Waals surface area contributed by atoms with Gasteiger partial charge in [-0.1, -0.05) is 17.7 Å². The van der Waals surface area contributed by atoms with Crippen molar-refractivity contribution in [3.05, 3.63) is 77.8 Å². The highest BCUT2D eigenvalue weighted by atomic mass is 35.5. The largest absolute Gasteiger partial charge is 0.497 e. The first kappa shape index (κ1) is 24.1. The molecule has 0 unspecified atom stereocenters. The smallest absolute Gasteiger partial charge is 0.311 e. The van der Waals surface area contributed by atoms with E-state index in [9.17, 15) is 14.4 Å². The Bertz CT molecular complexity index is 1210. The second kappa shape index (κ2) is 10.9. The van der Waals surface area contributed by atoms with Crippen LogP contribution in [-0.2, 0) is 19.1 Å². The van der Waals surface area contributed by atoms with Crippen LogP contribution >= 0.6 is 11.6 Å². The molecule has 1 aliphatic rings. The van der Waals surface area contributed by atoms with E-state index in [1.165, 1.54) is 4.90 Å². The van der Waals surface area contributed by atoms with Gasteiger partial charge in [-0.25, -0.2) is 0 Å². The zero-order chi connectivity index (χ0) is 24.8. The van der Waals surface area contributed by atoms with Crippen LogP contribution in [0.2, 0.25) is 5.02 Å². The molecule has 2 amide bonds. The van der Waals surface area contributed by atoms with Crippen molar-refractivity contribution in [2.45, 2.75) is 6.42 Å². The van der Waals surface area contributed by atoms with E-state index in [0.717, 1.165) is 5.75 Å². The fourth-order valence-electron chi connectivity index (χ4n) is 3.61. The SMILES string of the molecule is COc1ccc(Oc2ccc(N3C[C@H](C(=O)OCC(=O)Nc4cccc(Cl)c4)CC3=O)cc2)cc1. The third-order valence-electron chi connectivity index (χ3n) is 5.36. The summed E-state index contributed by atoms with van der Waals surface area (Å²) < 4.78 is 16.1. The van der Waals surface area contributed by atoms with Crippen molar-refractivity contribution >= 4 is 40.8 Å². The number of benzene rings is 3. The lowest BCUT2D eigenvalue weighted by molar-refractivity contribution is -0.151. The van der Waals surface area contributed by atoms with Gasteiger partial charge in [0, 0.05) is 29.4 Å². The topological polar surface area (TPSA) is 94.2 Å². The van der Waals surface area contributed by atoms with Crippen LogP contribution in [0.25, 0.3) is 0 Å². The Morgan fingerprint density at radius 3 is 2.31 bits per heavy atom.